The number of carboxylic acids is 4. The van der Waals surface area contributed by atoms with Crippen LogP contribution in [0.3, 0.4) is 0 Å². The van der Waals surface area contributed by atoms with Crippen LogP contribution in [0.15, 0.2) is 24.3 Å². The topological polar surface area (TPSA) is 155 Å². The van der Waals surface area contributed by atoms with Gasteiger partial charge in [0.05, 0.1) is 0 Å². The molecular formula is C40H74O8Zn. The van der Waals surface area contributed by atoms with Crippen molar-refractivity contribution in [2.45, 2.75) is 207 Å². The van der Waals surface area contributed by atoms with Gasteiger partial charge in [-0.15, -0.1) is 0 Å². The van der Waals surface area contributed by atoms with Crippen LogP contribution in [0.2, 0.25) is 0 Å². The molecule has 2 N–H and O–H groups in total. The van der Waals surface area contributed by atoms with Gasteiger partial charge in [0.2, 0.25) is 0 Å². The van der Waals surface area contributed by atoms with Crippen molar-refractivity contribution < 1.29 is 59.1 Å². The first-order valence-electron chi connectivity index (χ1n) is 19.0. The van der Waals surface area contributed by atoms with Crippen molar-refractivity contribution in [2.24, 2.45) is 0 Å². The smallest absolute Gasteiger partial charge is 0.550 e. The fraction of sp³-hybridized carbons (Fsp3) is 0.800. The molecule has 0 amide bonds. The average molecular weight is 748 g/mol. The zero-order chi connectivity index (χ0) is 37.3. The van der Waals surface area contributed by atoms with Crippen molar-refractivity contribution >= 4 is 23.9 Å². The van der Waals surface area contributed by atoms with Crippen molar-refractivity contribution in [1.82, 2.24) is 0 Å². The van der Waals surface area contributed by atoms with E-state index in [0.29, 0.717) is 0 Å². The Bertz CT molecular complexity index is 694. The van der Waals surface area contributed by atoms with Crippen LogP contribution in [-0.2, 0) is 38.7 Å². The van der Waals surface area contributed by atoms with Gasteiger partial charge in [0.15, 0.2) is 0 Å². The molecule has 0 fully saturated rings. The molecule has 0 aliphatic rings. The molecule has 0 aromatic rings. The monoisotopic (exact) mass is 746 g/mol. The summed E-state index contributed by atoms with van der Waals surface area (Å²) in [6.07, 6.45) is 33.9. The Morgan fingerprint density at radius 2 is 0.551 bits per heavy atom. The second kappa shape index (κ2) is 48.1. The first-order chi connectivity index (χ1) is 22.8. The third-order valence-corrected chi connectivity index (χ3v) is 7.70. The van der Waals surface area contributed by atoms with E-state index in [0.717, 1.165) is 25.7 Å². The van der Waals surface area contributed by atoms with Crippen molar-refractivity contribution in [3.8, 4) is 0 Å². The van der Waals surface area contributed by atoms with Crippen molar-refractivity contribution in [2.75, 3.05) is 0 Å². The summed E-state index contributed by atoms with van der Waals surface area (Å²) >= 11 is 0. The van der Waals surface area contributed by atoms with E-state index in [9.17, 15) is 29.4 Å². The standard InChI is InChI=1S/2C16H32O2.2C4H6O2.Zn/c2*1-2-3-4-5-6-7-8-9-10-11-12-13-14-15-16(17)18;2*1-3(2)4(5)6;/h2*2-15H2,1H3,(H,17,18);2*1H2,2H3,(H,5,6);/q;;;;+2/p-2. The number of rotatable bonds is 30. The summed E-state index contributed by atoms with van der Waals surface area (Å²) in [5.41, 5.74) is 0.352. The van der Waals surface area contributed by atoms with Crippen molar-refractivity contribution in [1.29, 1.82) is 0 Å². The first kappa shape index (κ1) is 56.4. The second-order valence-electron chi connectivity index (χ2n) is 12.9. The van der Waals surface area contributed by atoms with Gasteiger partial charge in [0.25, 0.3) is 0 Å². The van der Waals surface area contributed by atoms with Crippen LogP contribution in [-0.4, -0.2) is 34.1 Å². The van der Waals surface area contributed by atoms with E-state index in [1.807, 2.05) is 0 Å². The van der Waals surface area contributed by atoms with Gasteiger partial charge >= 0.3 is 31.4 Å². The predicted molar refractivity (Wildman–Crippen MR) is 196 cm³/mol. The molecule has 9 heteroatoms. The second-order valence-corrected chi connectivity index (χ2v) is 12.9. The van der Waals surface area contributed by atoms with E-state index in [4.69, 9.17) is 10.2 Å². The van der Waals surface area contributed by atoms with E-state index in [1.165, 1.54) is 155 Å². The van der Waals surface area contributed by atoms with Gasteiger partial charge < -0.3 is 30.0 Å². The third-order valence-electron chi connectivity index (χ3n) is 7.70. The predicted octanol–water partition coefficient (Wildman–Crippen LogP) is 9.73. The minimum atomic E-state index is -0.935. The summed E-state index contributed by atoms with van der Waals surface area (Å²) in [6, 6.07) is 0. The largest absolute Gasteiger partial charge is 2.00 e. The SMILES string of the molecule is C=C(C)C(=O)O.C=C(C)C(=O)O.CCCCCCCCCCCCCCCC(=O)[O-].CCCCCCCCCCCCCCCC(=O)[O-].[Zn+2]. The zero-order valence-electron chi connectivity index (χ0n) is 32.3. The van der Waals surface area contributed by atoms with Gasteiger partial charge in [-0.3, -0.25) is 0 Å². The van der Waals surface area contributed by atoms with E-state index in [1.54, 1.807) is 0 Å². The summed E-state index contributed by atoms with van der Waals surface area (Å²) < 4.78 is 0. The van der Waals surface area contributed by atoms with E-state index in [-0.39, 0.29) is 43.5 Å². The molecule has 0 spiro atoms. The molecule has 0 aliphatic heterocycles. The molecule has 0 bridgehead atoms. The quantitative estimate of drug-likeness (QED) is 0.0418. The van der Waals surface area contributed by atoms with E-state index >= 15 is 0 Å². The minimum Gasteiger partial charge on any atom is -0.550 e. The summed E-state index contributed by atoms with van der Waals surface area (Å²) in [4.78, 5) is 39.6. The third kappa shape index (κ3) is 68.7. The van der Waals surface area contributed by atoms with Crippen LogP contribution in [0.1, 0.15) is 207 Å². The molecule has 0 atom stereocenters. The van der Waals surface area contributed by atoms with Crippen molar-refractivity contribution in [3.05, 3.63) is 24.3 Å². The molecule has 8 nitrogen and oxygen atoms in total. The van der Waals surface area contributed by atoms with Gasteiger partial charge in [0.1, 0.15) is 0 Å². The fourth-order valence-electron chi connectivity index (χ4n) is 4.57. The minimum absolute atomic E-state index is 0. The first-order valence-corrected chi connectivity index (χ1v) is 19.0. The van der Waals surface area contributed by atoms with Crippen LogP contribution in [0.4, 0.5) is 0 Å². The number of hydrogen-bond acceptors (Lipinski definition) is 6. The van der Waals surface area contributed by atoms with Gasteiger partial charge in [0, 0.05) is 23.1 Å². The molecule has 0 aromatic heterocycles. The number of carboxylic acid groups (broad SMARTS) is 4. The maximum atomic E-state index is 10.2. The Kier molecular flexibility index (Phi) is 55.3. The van der Waals surface area contributed by atoms with Gasteiger partial charge in [-0.25, -0.2) is 9.59 Å². The number of aliphatic carboxylic acids is 4. The number of hydrogen-bond donors (Lipinski definition) is 2. The van der Waals surface area contributed by atoms with E-state index in [2.05, 4.69) is 27.0 Å². The van der Waals surface area contributed by atoms with Crippen LogP contribution >= 0.6 is 0 Å². The Morgan fingerprint density at radius 1 is 0.408 bits per heavy atom. The Morgan fingerprint density at radius 3 is 0.673 bits per heavy atom. The van der Waals surface area contributed by atoms with E-state index < -0.39 is 23.9 Å². The summed E-state index contributed by atoms with van der Waals surface area (Å²) in [5, 5.41) is 36.2. The summed E-state index contributed by atoms with van der Waals surface area (Å²) in [7, 11) is 0. The molecule has 0 unspecified atom stereocenters. The Labute approximate surface area is 313 Å². The number of carbonyl (C=O) groups excluding carboxylic acids is 2. The molecule has 0 saturated heterocycles. The van der Waals surface area contributed by atoms with Gasteiger partial charge in [-0.2, -0.15) is 0 Å². The zero-order valence-corrected chi connectivity index (χ0v) is 35.2. The fourth-order valence-corrected chi connectivity index (χ4v) is 4.57. The normalized spacial score (nSPS) is 9.71. The number of carbonyl (C=O) groups is 4. The number of unbranched alkanes of at least 4 members (excludes halogenated alkanes) is 24. The molecule has 0 aromatic carbocycles. The molecule has 284 valence electrons. The molecule has 0 saturated carbocycles. The summed E-state index contributed by atoms with van der Waals surface area (Å²) in [6.45, 7) is 13.7. The average Bonchev–Trinajstić information content (AvgIpc) is 3.02. The molecule has 0 heterocycles. The van der Waals surface area contributed by atoms with Crippen molar-refractivity contribution in [3.63, 3.8) is 0 Å². The molecule has 0 radical (unpaired) electrons. The molecular weight excluding hydrogens is 674 g/mol. The molecule has 49 heavy (non-hydrogen) atoms. The van der Waals surface area contributed by atoms with Crippen LogP contribution < -0.4 is 10.2 Å². The maximum absolute atomic E-state index is 10.2. The van der Waals surface area contributed by atoms with Gasteiger partial charge in [-0.05, 0) is 39.5 Å². The van der Waals surface area contributed by atoms with Gasteiger partial charge in [-0.1, -0.05) is 181 Å². The Hall–Kier alpha value is -2.02. The summed E-state index contributed by atoms with van der Waals surface area (Å²) in [5.74, 6) is -3.68. The van der Waals surface area contributed by atoms with Crippen LogP contribution in [0.5, 0.6) is 0 Å². The molecule has 0 rings (SSSR count). The maximum Gasteiger partial charge on any atom is 2.00 e. The molecule has 0 aliphatic carbocycles. The van der Waals surface area contributed by atoms with Crippen LogP contribution in [0, 0.1) is 0 Å². The van der Waals surface area contributed by atoms with Crippen LogP contribution in [0.25, 0.3) is 0 Å². The Balaban J connectivity index is -0.000000195.